The largest absolute Gasteiger partial charge is 0.348 e. The second kappa shape index (κ2) is 9.31. The molecule has 0 aliphatic carbocycles. The molecule has 9 heteroatoms. The number of nitrogens with one attached hydrogen (secondary N) is 3. The molecular weight excluding hydrogens is 446 g/mol. The van der Waals surface area contributed by atoms with Crippen LogP contribution in [0.2, 0.25) is 0 Å². The van der Waals surface area contributed by atoms with Gasteiger partial charge in [0.1, 0.15) is 0 Å². The molecule has 3 N–H and O–H groups in total. The highest BCUT2D eigenvalue weighted by atomic mass is 79.9. The molecule has 28 heavy (non-hydrogen) atoms. The van der Waals surface area contributed by atoms with Gasteiger partial charge in [0, 0.05) is 17.1 Å². The first kappa shape index (κ1) is 22.1. The molecule has 0 aromatic heterocycles. The van der Waals surface area contributed by atoms with Crippen molar-refractivity contribution < 1.29 is 18.0 Å². The molecular formula is C19H22BrN3O4S. The molecule has 2 aromatic carbocycles. The highest BCUT2D eigenvalue weighted by Crippen LogP contribution is 2.18. The summed E-state index contributed by atoms with van der Waals surface area (Å²) in [6, 6.07) is 11.9. The van der Waals surface area contributed by atoms with Gasteiger partial charge in [-0.3, -0.25) is 9.59 Å². The van der Waals surface area contributed by atoms with Crippen LogP contribution >= 0.6 is 15.9 Å². The Morgan fingerprint density at radius 2 is 1.68 bits per heavy atom. The van der Waals surface area contributed by atoms with Gasteiger partial charge in [0.25, 0.3) is 0 Å². The third-order valence-corrected chi connectivity index (χ3v) is 5.97. The van der Waals surface area contributed by atoms with Crippen molar-refractivity contribution in [3.8, 4) is 0 Å². The minimum absolute atomic E-state index is 0.00119. The van der Waals surface area contributed by atoms with Crippen molar-refractivity contribution in [2.24, 2.45) is 0 Å². The topological polar surface area (TPSA) is 104 Å². The van der Waals surface area contributed by atoms with E-state index in [1.54, 1.807) is 0 Å². The van der Waals surface area contributed by atoms with Crippen molar-refractivity contribution in [3.05, 3.63) is 58.6 Å². The van der Waals surface area contributed by atoms with Crippen LogP contribution in [0.1, 0.15) is 32.4 Å². The smallest absolute Gasteiger partial charge is 0.241 e. The van der Waals surface area contributed by atoms with Gasteiger partial charge in [-0.25, -0.2) is 8.42 Å². The lowest BCUT2D eigenvalue weighted by molar-refractivity contribution is -0.123. The number of hydrogen-bond donors (Lipinski definition) is 3. The first-order valence-electron chi connectivity index (χ1n) is 8.54. The first-order chi connectivity index (χ1) is 13.1. The third-order valence-electron chi connectivity index (χ3n) is 3.92. The van der Waals surface area contributed by atoms with Crippen molar-refractivity contribution in [3.63, 3.8) is 0 Å². The summed E-state index contributed by atoms with van der Waals surface area (Å²) in [5, 5.41) is 5.36. The standard InChI is InChI=1S/C19H22BrN3O4S/c1-12(15-5-4-6-16(20)11-15)21-19(25)13(2)23-28(26,27)18-9-7-17(8-10-18)22-14(3)24/h4-13,23H,1-3H3,(H,21,25)(H,22,24)/t12?,13-/m0/s1. The molecule has 1 unspecified atom stereocenters. The van der Waals surface area contributed by atoms with E-state index < -0.39 is 22.0 Å². The van der Waals surface area contributed by atoms with E-state index in [0.717, 1.165) is 10.0 Å². The van der Waals surface area contributed by atoms with Crippen LogP contribution in [0.25, 0.3) is 0 Å². The zero-order valence-electron chi connectivity index (χ0n) is 15.7. The van der Waals surface area contributed by atoms with Crippen molar-refractivity contribution in [2.75, 3.05) is 5.32 Å². The minimum atomic E-state index is -3.89. The molecule has 0 spiro atoms. The molecule has 2 rings (SSSR count). The Kier molecular flexibility index (Phi) is 7.34. The number of halogens is 1. The molecule has 0 aliphatic rings. The van der Waals surface area contributed by atoms with Crippen molar-refractivity contribution in [2.45, 2.75) is 37.8 Å². The van der Waals surface area contributed by atoms with Crippen molar-refractivity contribution >= 4 is 43.5 Å². The van der Waals surface area contributed by atoms with E-state index in [4.69, 9.17) is 0 Å². The van der Waals surface area contributed by atoms with Crippen LogP contribution in [0.4, 0.5) is 5.69 Å². The number of anilines is 1. The fraction of sp³-hybridized carbons (Fsp3) is 0.263. The molecule has 0 saturated carbocycles. The summed E-state index contributed by atoms with van der Waals surface area (Å²) in [5.41, 5.74) is 1.38. The van der Waals surface area contributed by atoms with Crippen molar-refractivity contribution in [1.29, 1.82) is 0 Å². The Labute approximate surface area is 173 Å². The van der Waals surface area contributed by atoms with E-state index in [1.807, 2.05) is 31.2 Å². The Morgan fingerprint density at radius 1 is 1.04 bits per heavy atom. The molecule has 0 radical (unpaired) electrons. The highest BCUT2D eigenvalue weighted by molar-refractivity contribution is 9.10. The zero-order chi connectivity index (χ0) is 20.9. The number of carbonyl (C=O) groups excluding carboxylic acids is 2. The minimum Gasteiger partial charge on any atom is -0.348 e. The quantitative estimate of drug-likeness (QED) is 0.581. The Bertz CT molecular complexity index is 961. The summed E-state index contributed by atoms with van der Waals surface area (Å²) < 4.78 is 28.2. The molecule has 0 heterocycles. The molecule has 0 fully saturated rings. The number of amides is 2. The number of sulfonamides is 1. The van der Waals surface area contributed by atoms with E-state index in [1.165, 1.54) is 38.1 Å². The van der Waals surface area contributed by atoms with Crippen LogP contribution in [0, 0.1) is 0 Å². The monoisotopic (exact) mass is 467 g/mol. The Morgan fingerprint density at radius 3 is 2.25 bits per heavy atom. The average molecular weight is 468 g/mol. The Hall–Kier alpha value is -2.23. The van der Waals surface area contributed by atoms with E-state index in [9.17, 15) is 18.0 Å². The molecule has 0 saturated heterocycles. The number of benzene rings is 2. The molecule has 150 valence electrons. The van der Waals surface area contributed by atoms with Gasteiger partial charge in [-0.15, -0.1) is 0 Å². The zero-order valence-corrected chi connectivity index (χ0v) is 18.1. The van der Waals surface area contributed by atoms with Gasteiger partial charge >= 0.3 is 0 Å². The van der Waals surface area contributed by atoms with Crippen LogP contribution in [-0.4, -0.2) is 26.3 Å². The lowest BCUT2D eigenvalue weighted by Gasteiger charge is -2.19. The molecule has 0 bridgehead atoms. The molecule has 2 atom stereocenters. The predicted molar refractivity (Wildman–Crippen MR) is 111 cm³/mol. The van der Waals surface area contributed by atoms with Gasteiger partial charge in [-0.2, -0.15) is 4.72 Å². The van der Waals surface area contributed by atoms with Crippen LogP contribution in [0.15, 0.2) is 57.9 Å². The first-order valence-corrected chi connectivity index (χ1v) is 10.8. The van der Waals surface area contributed by atoms with Crippen molar-refractivity contribution in [1.82, 2.24) is 10.0 Å². The maximum Gasteiger partial charge on any atom is 0.241 e. The highest BCUT2D eigenvalue weighted by Gasteiger charge is 2.23. The van der Waals surface area contributed by atoms with E-state index in [0.29, 0.717) is 5.69 Å². The normalized spacial score (nSPS) is 13.4. The average Bonchev–Trinajstić information content (AvgIpc) is 2.61. The predicted octanol–water partition coefficient (Wildman–Crippen LogP) is 2.95. The van der Waals surface area contributed by atoms with Crippen LogP contribution in [0.3, 0.4) is 0 Å². The Balaban J connectivity index is 2.02. The summed E-state index contributed by atoms with van der Waals surface area (Å²) in [6.07, 6.45) is 0. The van der Waals surface area contributed by atoms with Gasteiger partial charge in [-0.05, 0) is 55.8 Å². The van der Waals surface area contributed by atoms with Gasteiger partial charge < -0.3 is 10.6 Å². The molecule has 2 amide bonds. The second-order valence-corrected chi connectivity index (χ2v) is 8.96. The summed E-state index contributed by atoms with van der Waals surface area (Å²) in [4.78, 5) is 23.4. The molecule has 7 nitrogen and oxygen atoms in total. The SMILES string of the molecule is CC(=O)Nc1ccc(S(=O)(=O)N[C@@H](C)C(=O)NC(C)c2cccc(Br)c2)cc1. The number of rotatable bonds is 7. The summed E-state index contributed by atoms with van der Waals surface area (Å²) >= 11 is 3.38. The number of carbonyl (C=O) groups is 2. The fourth-order valence-electron chi connectivity index (χ4n) is 2.47. The van der Waals surface area contributed by atoms with Gasteiger partial charge in [0.15, 0.2) is 0 Å². The summed E-state index contributed by atoms with van der Waals surface area (Å²) in [5.74, 6) is -0.690. The lowest BCUT2D eigenvalue weighted by Crippen LogP contribution is -2.45. The maximum atomic E-state index is 12.5. The summed E-state index contributed by atoms with van der Waals surface area (Å²) in [7, 11) is -3.89. The second-order valence-electron chi connectivity index (χ2n) is 6.33. The van der Waals surface area contributed by atoms with Crippen LogP contribution in [-0.2, 0) is 19.6 Å². The van der Waals surface area contributed by atoms with E-state index >= 15 is 0 Å². The van der Waals surface area contributed by atoms with E-state index in [2.05, 4.69) is 31.3 Å². The van der Waals surface area contributed by atoms with Gasteiger partial charge in [0.2, 0.25) is 21.8 Å². The third kappa shape index (κ3) is 6.15. The maximum absolute atomic E-state index is 12.5. The fourth-order valence-corrected chi connectivity index (χ4v) is 4.09. The molecule has 2 aromatic rings. The van der Waals surface area contributed by atoms with Crippen LogP contribution in [0.5, 0.6) is 0 Å². The summed E-state index contributed by atoms with van der Waals surface area (Å²) in [6.45, 7) is 4.66. The van der Waals surface area contributed by atoms with Crippen LogP contribution < -0.4 is 15.4 Å². The van der Waals surface area contributed by atoms with Gasteiger partial charge in [-0.1, -0.05) is 28.1 Å². The lowest BCUT2D eigenvalue weighted by atomic mass is 10.1. The number of hydrogen-bond acceptors (Lipinski definition) is 4. The van der Waals surface area contributed by atoms with Gasteiger partial charge in [0.05, 0.1) is 17.0 Å². The van der Waals surface area contributed by atoms with E-state index in [-0.39, 0.29) is 16.8 Å². The molecule has 0 aliphatic heterocycles.